The Balaban J connectivity index is 1.41. The van der Waals surface area contributed by atoms with Crippen LogP contribution in [-0.4, -0.2) is 28.6 Å². The van der Waals surface area contributed by atoms with Crippen LogP contribution in [0.25, 0.3) is 0 Å². The summed E-state index contributed by atoms with van der Waals surface area (Å²) in [6, 6.07) is 19.7. The molecule has 6 rings (SSSR count). The van der Waals surface area contributed by atoms with Crippen molar-refractivity contribution in [3.63, 3.8) is 0 Å². The van der Waals surface area contributed by atoms with Gasteiger partial charge in [0.15, 0.2) is 0 Å². The average Bonchev–Trinajstić information content (AvgIpc) is 3.30. The molecule has 2 fully saturated rings. The lowest BCUT2D eigenvalue weighted by Gasteiger charge is -2.33. The summed E-state index contributed by atoms with van der Waals surface area (Å²) in [5, 5.41) is 0. The molecule has 7 heteroatoms. The minimum atomic E-state index is -0.640. The molecule has 2 aliphatic heterocycles. The minimum absolute atomic E-state index is 0.0509. The number of carbonyl (C=O) groups excluding carboxylic acids is 4. The summed E-state index contributed by atoms with van der Waals surface area (Å²) in [4.78, 5) is 60.7. The quantitative estimate of drug-likeness (QED) is 0.550. The van der Waals surface area contributed by atoms with Gasteiger partial charge in [-0.2, -0.15) is 0 Å². The maximum Gasteiger partial charge on any atom is 0.242 e. The van der Waals surface area contributed by atoms with Crippen LogP contribution >= 0.6 is 0 Å². The number of imide groups is 2. The van der Waals surface area contributed by atoms with E-state index in [2.05, 4.69) is 4.98 Å². The van der Waals surface area contributed by atoms with Crippen LogP contribution in [0.15, 0.2) is 72.9 Å². The normalized spacial score (nSPS) is 25.7. The number of nitrogens with zero attached hydrogens (tertiary/aromatic N) is 3. The number of hydrogen-bond donors (Lipinski definition) is 0. The standard InChI is InChI=1S/C28H23N3O4/c1-16-12-21-24-22(27(34)31(28(24)35)18-10-6-3-7-11-18)13-19(25(21)29-15-16)20-14-23(32)30(26(20)33)17-8-4-2-5-9-17/h2-12,15,19-20,22,24H,13-14H2,1H3. The van der Waals surface area contributed by atoms with Crippen molar-refractivity contribution in [3.05, 3.63) is 89.7 Å². The summed E-state index contributed by atoms with van der Waals surface area (Å²) in [7, 11) is 0. The second-order valence-corrected chi connectivity index (χ2v) is 9.47. The lowest BCUT2D eigenvalue weighted by Crippen LogP contribution is -2.35. The minimum Gasteiger partial charge on any atom is -0.274 e. The van der Waals surface area contributed by atoms with Gasteiger partial charge < -0.3 is 0 Å². The molecule has 0 saturated carbocycles. The van der Waals surface area contributed by atoms with E-state index in [1.165, 1.54) is 9.80 Å². The van der Waals surface area contributed by atoms with E-state index < -0.39 is 23.7 Å². The van der Waals surface area contributed by atoms with Crippen LogP contribution in [0.3, 0.4) is 0 Å². The fourth-order valence-electron chi connectivity index (χ4n) is 5.87. The Kier molecular flexibility index (Phi) is 4.88. The first-order valence-corrected chi connectivity index (χ1v) is 11.8. The van der Waals surface area contributed by atoms with E-state index in [1.807, 2.05) is 25.1 Å². The number of pyridine rings is 1. The summed E-state index contributed by atoms with van der Waals surface area (Å²) in [6.45, 7) is 1.89. The molecule has 3 heterocycles. The molecule has 2 saturated heterocycles. The van der Waals surface area contributed by atoms with Gasteiger partial charge in [-0.25, -0.2) is 4.90 Å². The van der Waals surface area contributed by atoms with E-state index in [0.29, 0.717) is 29.1 Å². The highest BCUT2D eigenvalue weighted by molar-refractivity contribution is 6.24. The highest BCUT2D eigenvalue weighted by Crippen LogP contribution is 2.52. The fourth-order valence-corrected chi connectivity index (χ4v) is 5.87. The van der Waals surface area contributed by atoms with Crippen LogP contribution in [0.4, 0.5) is 11.4 Å². The molecule has 174 valence electrons. The molecule has 0 spiro atoms. The van der Waals surface area contributed by atoms with Crippen LogP contribution in [0.1, 0.15) is 41.5 Å². The first kappa shape index (κ1) is 21.4. The number of aromatic nitrogens is 1. The third kappa shape index (κ3) is 3.22. The SMILES string of the molecule is Cc1cnc2c(c1)C1C(=O)N(c3ccccc3)C(=O)C1CC2C1CC(=O)N(c2ccccc2)C1=O. The van der Waals surface area contributed by atoms with Crippen molar-refractivity contribution in [2.45, 2.75) is 31.6 Å². The first-order valence-electron chi connectivity index (χ1n) is 11.8. The van der Waals surface area contributed by atoms with Gasteiger partial charge in [-0.05, 0) is 48.7 Å². The van der Waals surface area contributed by atoms with Gasteiger partial charge in [-0.3, -0.25) is 29.1 Å². The van der Waals surface area contributed by atoms with Crippen molar-refractivity contribution in [1.29, 1.82) is 0 Å². The summed E-state index contributed by atoms with van der Waals surface area (Å²) in [5.41, 5.74) is 3.30. The van der Waals surface area contributed by atoms with Gasteiger partial charge >= 0.3 is 0 Å². The zero-order valence-corrected chi connectivity index (χ0v) is 19.1. The van der Waals surface area contributed by atoms with E-state index in [0.717, 1.165) is 5.56 Å². The Morgan fingerprint density at radius 1 is 0.743 bits per heavy atom. The molecule has 4 amide bonds. The van der Waals surface area contributed by atoms with E-state index in [4.69, 9.17) is 0 Å². The van der Waals surface area contributed by atoms with Crippen LogP contribution in [0.5, 0.6) is 0 Å². The number of anilines is 2. The van der Waals surface area contributed by atoms with Gasteiger partial charge in [0.25, 0.3) is 0 Å². The van der Waals surface area contributed by atoms with Gasteiger partial charge in [0, 0.05) is 24.2 Å². The zero-order chi connectivity index (χ0) is 24.3. The second kappa shape index (κ2) is 7.98. The van der Waals surface area contributed by atoms with Crippen LogP contribution in [0, 0.1) is 18.8 Å². The molecule has 1 aliphatic carbocycles. The Hall–Kier alpha value is -4.13. The van der Waals surface area contributed by atoms with Crippen molar-refractivity contribution in [3.8, 4) is 0 Å². The topological polar surface area (TPSA) is 87.7 Å². The Labute approximate surface area is 202 Å². The van der Waals surface area contributed by atoms with Crippen molar-refractivity contribution < 1.29 is 19.2 Å². The fraction of sp³-hybridized carbons (Fsp3) is 0.250. The van der Waals surface area contributed by atoms with Gasteiger partial charge in [0.1, 0.15) is 0 Å². The molecule has 3 aromatic rings. The second-order valence-electron chi connectivity index (χ2n) is 9.47. The van der Waals surface area contributed by atoms with Crippen molar-refractivity contribution in [2.24, 2.45) is 11.8 Å². The lowest BCUT2D eigenvalue weighted by molar-refractivity contribution is -0.125. The third-order valence-electron chi connectivity index (χ3n) is 7.40. The number of fused-ring (bicyclic) bond motifs is 3. The Morgan fingerprint density at radius 2 is 1.34 bits per heavy atom. The molecular formula is C28H23N3O4. The molecule has 1 aromatic heterocycles. The highest BCUT2D eigenvalue weighted by Gasteiger charge is 2.56. The Morgan fingerprint density at radius 3 is 2.00 bits per heavy atom. The number of rotatable bonds is 3. The third-order valence-corrected chi connectivity index (χ3v) is 7.40. The van der Waals surface area contributed by atoms with Crippen molar-refractivity contribution in [1.82, 2.24) is 4.98 Å². The average molecular weight is 466 g/mol. The highest BCUT2D eigenvalue weighted by atomic mass is 16.2. The first-order chi connectivity index (χ1) is 17.0. The number of hydrogen-bond acceptors (Lipinski definition) is 5. The van der Waals surface area contributed by atoms with Crippen LogP contribution < -0.4 is 9.80 Å². The van der Waals surface area contributed by atoms with E-state index in [1.54, 1.807) is 54.7 Å². The number of amides is 4. The lowest BCUT2D eigenvalue weighted by atomic mass is 9.69. The maximum absolute atomic E-state index is 13.6. The van der Waals surface area contributed by atoms with Gasteiger partial charge in [0.05, 0.1) is 29.1 Å². The van der Waals surface area contributed by atoms with Crippen LogP contribution in [-0.2, 0) is 19.2 Å². The summed E-state index contributed by atoms with van der Waals surface area (Å²) < 4.78 is 0. The predicted octanol–water partition coefficient (Wildman–Crippen LogP) is 3.73. The summed E-state index contributed by atoms with van der Waals surface area (Å²) >= 11 is 0. The molecule has 4 unspecified atom stereocenters. The van der Waals surface area contributed by atoms with Crippen LogP contribution in [0.2, 0.25) is 0 Å². The van der Waals surface area contributed by atoms with Gasteiger partial charge in [-0.15, -0.1) is 0 Å². The summed E-state index contributed by atoms with van der Waals surface area (Å²) in [6.07, 6.45) is 2.07. The van der Waals surface area contributed by atoms with E-state index >= 15 is 0 Å². The number of aryl methyl sites for hydroxylation is 1. The smallest absolute Gasteiger partial charge is 0.242 e. The monoisotopic (exact) mass is 465 g/mol. The molecular weight excluding hydrogens is 442 g/mol. The molecule has 0 N–H and O–H groups in total. The number of benzene rings is 2. The number of para-hydroxylation sites is 2. The molecule has 35 heavy (non-hydrogen) atoms. The van der Waals surface area contributed by atoms with Gasteiger partial charge in [0.2, 0.25) is 23.6 Å². The molecule has 0 radical (unpaired) electrons. The molecule has 7 nitrogen and oxygen atoms in total. The Bertz CT molecular complexity index is 1370. The molecule has 2 aromatic carbocycles. The van der Waals surface area contributed by atoms with Gasteiger partial charge in [-0.1, -0.05) is 42.5 Å². The zero-order valence-electron chi connectivity index (χ0n) is 19.1. The molecule has 4 atom stereocenters. The molecule has 3 aliphatic rings. The van der Waals surface area contributed by atoms with E-state index in [-0.39, 0.29) is 30.0 Å². The number of carbonyl (C=O) groups is 4. The van der Waals surface area contributed by atoms with Crippen molar-refractivity contribution >= 4 is 35.0 Å². The van der Waals surface area contributed by atoms with Crippen molar-refractivity contribution in [2.75, 3.05) is 9.80 Å². The van der Waals surface area contributed by atoms with E-state index in [9.17, 15) is 19.2 Å². The largest absolute Gasteiger partial charge is 0.274 e. The molecule has 0 bridgehead atoms. The summed E-state index contributed by atoms with van der Waals surface area (Å²) in [5.74, 6) is -3.37. The predicted molar refractivity (Wildman–Crippen MR) is 129 cm³/mol. The maximum atomic E-state index is 13.6.